The van der Waals surface area contributed by atoms with Crippen LogP contribution in [-0.4, -0.2) is 35.4 Å². The van der Waals surface area contributed by atoms with Gasteiger partial charge in [-0.3, -0.25) is 4.79 Å². The second-order valence-corrected chi connectivity index (χ2v) is 7.26. The zero-order chi connectivity index (χ0) is 14.3. The minimum absolute atomic E-state index is 0.201. The topological polar surface area (TPSA) is 51.2 Å². The number of aromatic nitrogens is 1. The molecule has 0 radical (unpaired) electrons. The lowest BCUT2D eigenvalue weighted by Gasteiger charge is -2.30. The van der Waals surface area contributed by atoms with Gasteiger partial charge in [0.05, 0.1) is 7.11 Å². The average Bonchev–Trinajstić information content (AvgIpc) is 2.87. The quantitative estimate of drug-likeness (QED) is 0.591. The Bertz CT molecular complexity index is 384. The lowest BCUT2D eigenvalue weighted by molar-refractivity contribution is -0.148. The molecule has 2 atom stereocenters. The van der Waals surface area contributed by atoms with Crippen LogP contribution >= 0.6 is 23.1 Å². The first-order valence-electron chi connectivity index (χ1n) is 6.41. The lowest BCUT2D eigenvalue weighted by Crippen LogP contribution is -2.51. The van der Waals surface area contributed by atoms with Crippen molar-refractivity contribution in [1.29, 1.82) is 0 Å². The number of nitrogens with one attached hydrogen (secondary N) is 1. The zero-order valence-electron chi connectivity index (χ0n) is 11.9. The molecule has 108 valence electrons. The van der Waals surface area contributed by atoms with Gasteiger partial charge in [-0.1, -0.05) is 25.6 Å². The number of hydrogen-bond acceptors (Lipinski definition) is 6. The van der Waals surface area contributed by atoms with Gasteiger partial charge >= 0.3 is 5.97 Å². The van der Waals surface area contributed by atoms with Gasteiger partial charge in [0.15, 0.2) is 0 Å². The van der Waals surface area contributed by atoms with Crippen LogP contribution in [0.5, 0.6) is 0 Å². The number of nitrogens with zero attached hydrogens (tertiary/aromatic N) is 1. The minimum atomic E-state index is -0.631. The van der Waals surface area contributed by atoms with Crippen LogP contribution in [0.25, 0.3) is 0 Å². The number of esters is 1. The molecular formula is C13H22N2O2S2. The second kappa shape index (κ2) is 7.87. The summed E-state index contributed by atoms with van der Waals surface area (Å²) in [6, 6.07) is 0. The van der Waals surface area contributed by atoms with E-state index in [-0.39, 0.29) is 5.97 Å². The Morgan fingerprint density at radius 2 is 2.42 bits per heavy atom. The molecule has 1 aromatic heterocycles. The molecule has 2 unspecified atom stereocenters. The largest absolute Gasteiger partial charge is 0.468 e. The fourth-order valence-corrected chi connectivity index (χ4v) is 4.04. The van der Waals surface area contributed by atoms with E-state index in [4.69, 9.17) is 4.74 Å². The monoisotopic (exact) mass is 302 g/mol. The van der Waals surface area contributed by atoms with Gasteiger partial charge in [-0.25, -0.2) is 4.98 Å². The normalized spacial score (nSPS) is 15.8. The molecule has 0 saturated carbocycles. The summed E-state index contributed by atoms with van der Waals surface area (Å²) in [5, 5.41) is 5.56. The molecular weight excluding hydrogens is 280 g/mol. The minimum Gasteiger partial charge on any atom is -0.468 e. The van der Waals surface area contributed by atoms with Crippen molar-refractivity contribution in [2.45, 2.75) is 48.7 Å². The third-order valence-corrected chi connectivity index (χ3v) is 4.83. The molecule has 0 amide bonds. The van der Waals surface area contributed by atoms with Crippen LogP contribution in [0, 0.1) is 0 Å². The van der Waals surface area contributed by atoms with Gasteiger partial charge < -0.3 is 10.1 Å². The number of rotatable bonds is 8. The fraction of sp³-hybridized carbons (Fsp3) is 0.692. The van der Waals surface area contributed by atoms with Gasteiger partial charge in [-0.05, 0) is 26.3 Å². The Labute approximate surface area is 123 Å². The van der Waals surface area contributed by atoms with Gasteiger partial charge in [0.2, 0.25) is 0 Å². The van der Waals surface area contributed by atoms with E-state index in [1.54, 1.807) is 29.3 Å². The number of thioether (sulfide) groups is 1. The SMILES string of the molecule is CCCNC(C)(CC(C)Sc1nccs1)C(=O)OC. The first-order valence-corrected chi connectivity index (χ1v) is 8.17. The Balaban J connectivity index is 2.62. The predicted molar refractivity (Wildman–Crippen MR) is 80.8 cm³/mol. The van der Waals surface area contributed by atoms with Gasteiger partial charge in [0.25, 0.3) is 0 Å². The van der Waals surface area contributed by atoms with E-state index in [1.165, 1.54) is 7.11 Å². The summed E-state index contributed by atoms with van der Waals surface area (Å²) in [6.45, 7) is 6.91. The molecule has 6 heteroatoms. The number of methoxy groups -OCH3 is 1. The van der Waals surface area contributed by atoms with Crippen LogP contribution in [-0.2, 0) is 9.53 Å². The van der Waals surface area contributed by atoms with Crippen LogP contribution in [0.15, 0.2) is 15.9 Å². The third kappa shape index (κ3) is 5.12. The highest BCUT2D eigenvalue weighted by Crippen LogP contribution is 2.30. The van der Waals surface area contributed by atoms with Crippen molar-refractivity contribution in [2.24, 2.45) is 0 Å². The molecule has 1 N–H and O–H groups in total. The van der Waals surface area contributed by atoms with Crippen LogP contribution in [0.4, 0.5) is 0 Å². The number of hydrogen-bond donors (Lipinski definition) is 1. The molecule has 4 nitrogen and oxygen atoms in total. The summed E-state index contributed by atoms with van der Waals surface area (Å²) >= 11 is 3.32. The highest BCUT2D eigenvalue weighted by atomic mass is 32.2. The molecule has 0 spiro atoms. The van der Waals surface area contributed by atoms with E-state index in [0.29, 0.717) is 11.7 Å². The summed E-state index contributed by atoms with van der Waals surface area (Å²) < 4.78 is 5.96. The van der Waals surface area contributed by atoms with E-state index in [2.05, 4.69) is 24.1 Å². The highest BCUT2D eigenvalue weighted by Gasteiger charge is 2.35. The summed E-state index contributed by atoms with van der Waals surface area (Å²) in [6.07, 6.45) is 3.50. The third-order valence-electron chi connectivity index (χ3n) is 2.81. The van der Waals surface area contributed by atoms with E-state index >= 15 is 0 Å². The van der Waals surface area contributed by atoms with Gasteiger partial charge in [-0.2, -0.15) is 0 Å². The van der Waals surface area contributed by atoms with Crippen molar-refractivity contribution in [3.8, 4) is 0 Å². The number of carbonyl (C=O) groups excluding carboxylic acids is 1. The molecule has 0 bridgehead atoms. The summed E-state index contributed by atoms with van der Waals surface area (Å²) in [5.74, 6) is -0.201. The van der Waals surface area contributed by atoms with Crippen LogP contribution in [0.1, 0.15) is 33.6 Å². The molecule has 0 aliphatic rings. The maximum absolute atomic E-state index is 12.0. The van der Waals surface area contributed by atoms with Gasteiger partial charge in [0.1, 0.15) is 9.88 Å². The Kier molecular flexibility index (Phi) is 6.82. The molecule has 0 fully saturated rings. The Morgan fingerprint density at radius 1 is 1.68 bits per heavy atom. The molecule has 1 rings (SSSR count). The molecule has 1 heterocycles. The first kappa shape index (κ1) is 16.5. The first-order chi connectivity index (χ1) is 9.01. The number of thiazole rings is 1. The number of ether oxygens (including phenoxy) is 1. The Morgan fingerprint density at radius 3 is 2.95 bits per heavy atom. The van der Waals surface area contributed by atoms with Crippen molar-refractivity contribution < 1.29 is 9.53 Å². The molecule has 1 aromatic rings. The fourth-order valence-electron chi connectivity index (χ4n) is 1.91. The van der Waals surface area contributed by atoms with E-state index in [9.17, 15) is 4.79 Å². The predicted octanol–water partition coefficient (Wildman–Crippen LogP) is 2.95. The molecule has 19 heavy (non-hydrogen) atoms. The van der Waals surface area contributed by atoms with Gasteiger partial charge in [0, 0.05) is 16.8 Å². The van der Waals surface area contributed by atoms with Gasteiger partial charge in [-0.15, -0.1) is 11.3 Å². The van der Waals surface area contributed by atoms with Crippen molar-refractivity contribution >= 4 is 29.1 Å². The van der Waals surface area contributed by atoms with Crippen LogP contribution < -0.4 is 5.32 Å². The van der Waals surface area contributed by atoms with Crippen molar-refractivity contribution in [1.82, 2.24) is 10.3 Å². The molecule has 0 aromatic carbocycles. The summed E-state index contributed by atoms with van der Waals surface area (Å²) in [5.41, 5.74) is -0.631. The van der Waals surface area contributed by atoms with E-state index in [0.717, 1.165) is 17.3 Å². The highest BCUT2D eigenvalue weighted by molar-refractivity contribution is 8.01. The van der Waals surface area contributed by atoms with Crippen LogP contribution in [0.2, 0.25) is 0 Å². The lowest BCUT2D eigenvalue weighted by atomic mass is 9.96. The number of carbonyl (C=O) groups is 1. The van der Waals surface area contributed by atoms with E-state index in [1.807, 2.05) is 12.3 Å². The molecule has 0 aliphatic heterocycles. The molecule has 0 aliphatic carbocycles. The van der Waals surface area contributed by atoms with Crippen molar-refractivity contribution in [2.75, 3.05) is 13.7 Å². The average molecular weight is 302 g/mol. The van der Waals surface area contributed by atoms with Crippen molar-refractivity contribution in [3.63, 3.8) is 0 Å². The van der Waals surface area contributed by atoms with E-state index < -0.39 is 5.54 Å². The summed E-state index contributed by atoms with van der Waals surface area (Å²) in [7, 11) is 1.44. The zero-order valence-corrected chi connectivity index (χ0v) is 13.6. The molecule has 0 saturated heterocycles. The summed E-state index contributed by atoms with van der Waals surface area (Å²) in [4.78, 5) is 16.2. The smallest absolute Gasteiger partial charge is 0.325 e. The van der Waals surface area contributed by atoms with Crippen LogP contribution in [0.3, 0.4) is 0 Å². The maximum atomic E-state index is 12.0. The maximum Gasteiger partial charge on any atom is 0.325 e. The Hall–Kier alpha value is -0.590. The standard InChI is InChI=1S/C13H22N2O2S2/c1-5-6-15-13(3,11(16)17-4)9-10(2)19-12-14-7-8-18-12/h7-8,10,15H,5-6,9H2,1-4H3. The second-order valence-electron chi connectivity index (χ2n) is 4.68. The van der Waals surface area contributed by atoms with Crippen molar-refractivity contribution in [3.05, 3.63) is 11.6 Å².